The lowest BCUT2D eigenvalue weighted by Gasteiger charge is -2.07. The summed E-state index contributed by atoms with van der Waals surface area (Å²) in [5.74, 6) is 5.29. The van der Waals surface area contributed by atoms with Crippen molar-refractivity contribution in [1.82, 2.24) is 0 Å². The molecule has 1 rings (SSSR count). The van der Waals surface area contributed by atoms with Gasteiger partial charge in [0.15, 0.2) is 0 Å². The van der Waals surface area contributed by atoms with Crippen LogP contribution in [0.4, 0.5) is 5.69 Å². The Kier molecular flexibility index (Phi) is 7.02. The molecule has 102 valence electrons. The Bertz CT molecular complexity index is 489. The van der Waals surface area contributed by atoms with Crippen LogP contribution in [-0.2, 0) is 4.79 Å². The van der Waals surface area contributed by atoms with E-state index in [1.54, 1.807) is 18.2 Å². The topological polar surface area (TPSA) is 49.3 Å². The molecule has 1 aromatic rings. The van der Waals surface area contributed by atoms with Crippen LogP contribution in [0.1, 0.15) is 38.2 Å². The number of unbranched alkanes of at least 4 members (excludes halogenated alkanes) is 2. The van der Waals surface area contributed by atoms with E-state index in [0.717, 1.165) is 19.3 Å². The first-order valence-corrected chi connectivity index (χ1v) is 6.74. The summed E-state index contributed by atoms with van der Waals surface area (Å²) in [5, 5.41) is 11.9. The van der Waals surface area contributed by atoms with Crippen LogP contribution in [0.15, 0.2) is 18.2 Å². The lowest BCUT2D eigenvalue weighted by atomic mass is 10.1. The van der Waals surface area contributed by atoms with E-state index in [4.69, 9.17) is 16.7 Å². The van der Waals surface area contributed by atoms with E-state index >= 15 is 0 Å². The van der Waals surface area contributed by atoms with Crippen LogP contribution in [0.2, 0.25) is 5.02 Å². The number of carbonyl (C=O) groups is 1. The predicted molar refractivity (Wildman–Crippen MR) is 78.2 cm³/mol. The molecule has 0 aliphatic heterocycles. The third kappa shape index (κ3) is 5.78. The minimum absolute atomic E-state index is 0.0392. The molecule has 0 heterocycles. The Morgan fingerprint density at radius 1 is 1.42 bits per heavy atom. The van der Waals surface area contributed by atoms with Crippen LogP contribution in [0.5, 0.6) is 0 Å². The zero-order chi connectivity index (χ0) is 14.1. The zero-order valence-corrected chi connectivity index (χ0v) is 11.8. The molecular weight excluding hydrogens is 262 g/mol. The van der Waals surface area contributed by atoms with E-state index < -0.39 is 0 Å². The Labute approximate surface area is 119 Å². The zero-order valence-electron chi connectivity index (χ0n) is 11.0. The van der Waals surface area contributed by atoms with Crippen molar-refractivity contribution in [2.75, 3.05) is 11.9 Å². The molecule has 2 N–H and O–H groups in total. The van der Waals surface area contributed by atoms with Gasteiger partial charge >= 0.3 is 0 Å². The molecule has 0 fully saturated rings. The van der Waals surface area contributed by atoms with Gasteiger partial charge in [-0.1, -0.05) is 43.2 Å². The molecule has 0 aromatic heterocycles. The van der Waals surface area contributed by atoms with Gasteiger partial charge in [-0.15, -0.1) is 0 Å². The quantitative estimate of drug-likeness (QED) is 0.642. The first-order chi connectivity index (χ1) is 9.17. The number of carbonyl (C=O) groups excluding carboxylic acids is 1. The molecule has 0 radical (unpaired) electrons. The number of hydrogen-bond acceptors (Lipinski definition) is 2. The van der Waals surface area contributed by atoms with Gasteiger partial charge in [-0.2, -0.15) is 0 Å². The minimum Gasteiger partial charge on any atom is -0.384 e. The van der Waals surface area contributed by atoms with E-state index in [0.29, 0.717) is 22.7 Å². The number of amides is 1. The fourth-order valence-corrected chi connectivity index (χ4v) is 1.75. The number of aliphatic hydroxyl groups excluding tert-OH is 1. The summed E-state index contributed by atoms with van der Waals surface area (Å²) in [6, 6.07) is 5.14. The lowest BCUT2D eigenvalue weighted by molar-refractivity contribution is -0.116. The van der Waals surface area contributed by atoms with E-state index in [2.05, 4.69) is 24.1 Å². The maximum atomic E-state index is 11.7. The van der Waals surface area contributed by atoms with E-state index in [1.165, 1.54) is 0 Å². The van der Waals surface area contributed by atoms with Crippen molar-refractivity contribution >= 4 is 23.2 Å². The third-order valence-electron chi connectivity index (χ3n) is 2.56. The van der Waals surface area contributed by atoms with E-state index in [9.17, 15) is 4.79 Å². The fraction of sp³-hybridized carbons (Fsp3) is 0.400. The van der Waals surface area contributed by atoms with Crippen LogP contribution in [0, 0.1) is 11.8 Å². The molecule has 0 bridgehead atoms. The van der Waals surface area contributed by atoms with Gasteiger partial charge in [-0.3, -0.25) is 4.79 Å². The molecule has 0 saturated heterocycles. The highest BCUT2D eigenvalue weighted by atomic mass is 35.5. The molecule has 0 saturated carbocycles. The molecule has 1 aromatic carbocycles. The summed E-state index contributed by atoms with van der Waals surface area (Å²) < 4.78 is 0. The van der Waals surface area contributed by atoms with Gasteiger partial charge in [0.05, 0.1) is 10.7 Å². The van der Waals surface area contributed by atoms with Crippen LogP contribution < -0.4 is 5.32 Å². The fourth-order valence-electron chi connectivity index (χ4n) is 1.59. The van der Waals surface area contributed by atoms with Gasteiger partial charge in [0.2, 0.25) is 5.91 Å². The summed E-state index contributed by atoms with van der Waals surface area (Å²) in [4.78, 5) is 11.7. The highest BCUT2D eigenvalue weighted by Crippen LogP contribution is 2.23. The maximum Gasteiger partial charge on any atom is 0.224 e. The van der Waals surface area contributed by atoms with Crippen LogP contribution in [-0.4, -0.2) is 17.6 Å². The lowest BCUT2D eigenvalue weighted by Crippen LogP contribution is -2.11. The molecule has 0 atom stereocenters. The SMILES string of the molecule is CCCCCC(=O)Nc1cc(C#CCO)ccc1Cl. The van der Waals surface area contributed by atoms with Crippen molar-refractivity contribution in [2.24, 2.45) is 0 Å². The van der Waals surface area contributed by atoms with Gasteiger partial charge < -0.3 is 10.4 Å². The number of halogens is 1. The van der Waals surface area contributed by atoms with Crippen molar-refractivity contribution in [1.29, 1.82) is 0 Å². The molecule has 4 heteroatoms. The molecule has 0 spiro atoms. The minimum atomic E-state index is -0.193. The van der Waals surface area contributed by atoms with E-state index in [-0.39, 0.29) is 12.5 Å². The summed E-state index contributed by atoms with van der Waals surface area (Å²) in [6.07, 6.45) is 3.50. The van der Waals surface area contributed by atoms with Crippen molar-refractivity contribution in [3.63, 3.8) is 0 Å². The Morgan fingerprint density at radius 2 is 2.21 bits per heavy atom. The number of rotatable bonds is 5. The van der Waals surface area contributed by atoms with Crippen LogP contribution >= 0.6 is 11.6 Å². The first-order valence-electron chi connectivity index (χ1n) is 6.36. The second-order valence-corrected chi connectivity index (χ2v) is 4.57. The summed E-state index contributed by atoms with van der Waals surface area (Å²) in [5.41, 5.74) is 1.27. The monoisotopic (exact) mass is 279 g/mol. The van der Waals surface area contributed by atoms with E-state index in [1.807, 2.05) is 0 Å². The number of benzene rings is 1. The highest BCUT2D eigenvalue weighted by molar-refractivity contribution is 6.33. The van der Waals surface area contributed by atoms with Gasteiger partial charge in [-0.25, -0.2) is 0 Å². The second kappa shape index (κ2) is 8.58. The third-order valence-corrected chi connectivity index (χ3v) is 2.89. The number of nitrogens with one attached hydrogen (secondary N) is 1. The smallest absolute Gasteiger partial charge is 0.224 e. The number of aliphatic hydroxyl groups is 1. The largest absolute Gasteiger partial charge is 0.384 e. The summed E-state index contributed by atoms with van der Waals surface area (Å²) >= 11 is 6.02. The van der Waals surface area contributed by atoms with Crippen molar-refractivity contribution in [2.45, 2.75) is 32.6 Å². The normalized spacial score (nSPS) is 9.63. The molecule has 1 amide bonds. The molecular formula is C15H18ClNO2. The molecule has 3 nitrogen and oxygen atoms in total. The van der Waals surface area contributed by atoms with Crippen LogP contribution in [0.3, 0.4) is 0 Å². The Morgan fingerprint density at radius 3 is 2.89 bits per heavy atom. The number of anilines is 1. The number of hydrogen-bond donors (Lipinski definition) is 2. The first kappa shape index (κ1) is 15.6. The second-order valence-electron chi connectivity index (χ2n) is 4.16. The van der Waals surface area contributed by atoms with Gasteiger partial charge in [0.25, 0.3) is 0 Å². The highest BCUT2D eigenvalue weighted by Gasteiger charge is 2.06. The van der Waals surface area contributed by atoms with Crippen LogP contribution in [0.25, 0.3) is 0 Å². The molecule has 19 heavy (non-hydrogen) atoms. The summed E-state index contributed by atoms with van der Waals surface area (Å²) in [6.45, 7) is 1.90. The Hall–Kier alpha value is -1.50. The van der Waals surface area contributed by atoms with Crippen molar-refractivity contribution in [3.05, 3.63) is 28.8 Å². The average molecular weight is 280 g/mol. The van der Waals surface area contributed by atoms with Crippen molar-refractivity contribution in [3.8, 4) is 11.8 Å². The Balaban J connectivity index is 2.68. The average Bonchev–Trinajstić information content (AvgIpc) is 2.40. The standard InChI is InChI=1S/C15H18ClNO2/c1-2-3-4-7-15(19)17-14-11-12(6-5-10-18)8-9-13(14)16/h8-9,11,18H,2-4,7,10H2,1H3,(H,17,19). The van der Waals surface area contributed by atoms with Gasteiger partial charge in [0.1, 0.15) is 6.61 Å². The molecule has 0 unspecified atom stereocenters. The van der Waals surface area contributed by atoms with Gasteiger partial charge in [0, 0.05) is 12.0 Å². The van der Waals surface area contributed by atoms with Crippen molar-refractivity contribution < 1.29 is 9.90 Å². The summed E-state index contributed by atoms with van der Waals surface area (Å²) in [7, 11) is 0. The maximum absolute atomic E-state index is 11.7. The molecule has 0 aliphatic rings. The molecule has 0 aliphatic carbocycles. The predicted octanol–water partition coefficient (Wildman–Crippen LogP) is 3.20. The van der Waals surface area contributed by atoms with Gasteiger partial charge in [-0.05, 0) is 24.6 Å².